The molecule has 1 N–H and O–H groups in total. The number of anilines is 1. The lowest BCUT2D eigenvalue weighted by Crippen LogP contribution is -2.14. The Morgan fingerprint density at radius 1 is 1.03 bits per heavy atom. The fraction of sp³-hybridized carbons (Fsp3) is 0.0870. The van der Waals surface area contributed by atoms with E-state index in [0.29, 0.717) is 16.5 Å². The molecular formula is C23H18BrClN4O. The summed E-state index contributed by atoms with van der Waals surface area (Å²) in [4.78, 5) is 17.4. The number of hydrogen-bond acceptors (Lipinski definition) is 3. The molecule has 0 spiro atoms. The molecule has 0 aliphatic carbocycles. The Morgan fingerprint density at radius 3 is 2.53 bits per heavy atom. The van der Waals surface area contributed by atoms with Gasteiger partial charge in [-0.15, -0.1) is 5.10 Å². The lowest BCUT2D eigenvalue weighted by molar-refractivity contribution is 0.101. The van der Waals surface area contributed by atoms with Gasteiger partial charge in [0.1, 0.15) is 0 Å². The normalized spacial score (nSPS) is 10.8. The van der Waals surface area contributed by atoms with E-state index in [1.807, 2.05) is 80.6 Å². The predicted octanol–water partition coefficient (Wildman–Crippen LogP) is 6.22. The van der Waals surface area contributed by atoms with Crippen molar-refractivity contribution in [3.05, 3.63) is 93.2 Å². The van der Waals surface area contributed by atoms with Crippen molar-refractivity contribution in [3.8, 4) is 17.1 Å². The molecule has 150 valence electrons. The summed E-state index contributed by atoms with van der Waals surface area (Å²) in [6.45, 7) is 3.99. The van der Waals surface area contributed by atoms with Crippen LogP contribution in [0, 0.1) is 13.8 Å². The minimum atomic E-state index is -0.389. The quantitative estimate of drug-likeness (QED) is 0.376. The van der Waals surface area contributed by atoms with Gasteiger partial charge < -0.3 is 5.32 Å². The lowest BCUT2D eigenvalue weighted by Gasteiger charge is -2.09. The Morgan fingerprint density at radius 2 is 1.80 bits per heavy atom. The number of amides is 1. The maximum absolute atomic E-state index is 12.9. The molecule has 1 amide bonds. The van der Waals surface area contributed by atoms with Gasteiger partial charge in [0.05, 0.1) is 5.69 Å². The molecule has 1 aromatic heterocycles. The maximum Gasteiger partial charge on any atom is 0.295 e. The number of carbonyl (C=O) groups is 1. The zero-order valence-corrected chi connectivity index (χ0v) is 18.7. The third kappa shape index (κ3) is 4.30. The molecule has 7 heteroatoms. The van der Waals surface area contributed by atoms with Crippen LogP contribution in [0.1, 0.15) is 21.7 Å². The maximum atomic E-state index is 12.9. The minimum Gasteiger partial charge on any atom is -0.319 e. The summed E-state index contributed by atoms with van der Waals surface area (Å²) in [5.41, 5.74) is 4.38. The van der Waals surface area contributed by atoms with Crippen LogP contribution in [0.3, 0.4) is 0 Å². The van der Waals surface area contributed by atoms with E-state index in [4.69, 9.17) is 11.6 Å². The number of halogens is 2. The van der Waals surface area contributed by atoms with Crippen LogP contribution in [0.15, 0.2) is 71.2 Å². The van der Waals surface area contributed by atoms with Crippen molar-refractivity contribution in [2.75, 3.05) is 5.32 Å². The molecule has 0 fully saturated rings. The molecular weight excluding hydrogens is 464 g/mol. The average molecular weight is 482 g/mol. The van der Waals surface area contributed by atoms with E-state index in [1.165, 1.54) is 0 Å². The molecule has 0 aliphatic heterocycles. The van der Waals surface area contributed by atoms with Crippen LogP contribution in [-0.4, -0.2) is 20.7 Å². The van der Waals surface area contributed by atoms with E-state index in [1.54, 1.807) is 4.68 Å². The van der Waals surface area contributed by atoms with Gasteiger partial charge in [0.2, 0.25) is 5.82 Å². The Labute approximate surface area is 187 Å². The number of hydrogen-bond donors (Lipinski definition) is 1. The molecule has 30 heavy (non-hydrogen) atoms. The molecule has 0 saturated heterocycles. The summed E-state index contributed by atoms with van der Waals surface area (Å²) in [6.07, 6.45) is 0. The first-order valence-electron chi connectivity index (χ1n) is 9.28. The van der Waals surface area contributed by atoms with E-state index in [2.05, 4.69) is 31.3 Å². The number of rotatable bonds is 4. The smallest absolute Gasteiger partial charge is 0.295 e. The van der Waals surface area contributed by atoms with Gasteiger partial charge in [0.15, 0.2) is 5.82 Å². The topological polar surface area (TPSA) is 59.8 Å². The zero-order chi connectivity index (χ0) is 21.3. The van der Waals surface area contributed by atoms with Crippen LogP contribution < -0.4 is 5.32 Å². The molecule has 3 aromatic carbocycles. The molecule has 0 radical (unpaired) electrons. The van der Waals surface area contributed by atoms with Crippen molar-refractivity contribution in [3.63, 3.8) is 0 Å². The first-order valence-corrected chi connectivity index (χ1v) is 10.5. The van der Waals surface area contributed by atoms with Gasteiger partial charge in [0, 0.05) is 20.7 Å². The van der Waals surface area contributed by atoms with Crippen molar-refractivity contribution < 1.29 is 4.79 Å². The highest BCUT2D eigenvalue weighted by molar-refractivity contribution is 9.10. The van der Waals surface area contributed by atoms with Gasteiger partial charge in [-0.2, -0.15) is 0 Å². The number of nitrogens with zero attached hydrogens (tertiary/aromatic N) is 3. The molecule has 5 nitrogen and oxygen atoms in total. The molecule has 0 bridgehead atoms. The number of benzene rings is 3. The standard InChI is InChI=1S/C23H18BrClN4O/c1-14-6-9-16(10-7-14)22-27-21(23(30)26-19-5-3-4-17(24)12-19)28-29(22)20-13-18(25)11-8-15(20)2/h3-13H,1-2H3,(H,26,30). The first-order chi connectivity index (χ1) is 14.4. The molecule has 0 saturated carbocycles. The van der Waals surface area contributed by atoms with E-state index in [9.17, 15) is 4.79 Å². The highest BCUT2D eigenvalue weighted by Crippen LogP contribution is 2.26. The number of nitrogens with one attached hydrogen (secondary N) is 1. The molecule has 0 atom stereocenters. The molecule has 0 aliphatic rings. The second-order valence-electron chi connectivity index (χ2n) is 6.93. The largest absolute Gasteiger partial charge is 0.319 e. The van der Waals surface area contributed by atoms with E-state index in [-0.39, 0.29) is 11.7 Å². The highest BCUT2D eigenvalue weighted by atomic mass is 79.9. The van der Waals surface area contributed by atoms with Crippen molar-refractivity contribution >= 4 is 39.1 Å². The van der Waals surface area contributed by atoms with Gasteiger partial charge in [-0.1, -0.05) is 69.5 Å². The first kappa shape index (κ1) is 20.3. The molecule has 4 aromatic rings. The Hall–Kier alpha value is -2.96. The number of carbonyl (C=O) groups excluding carboxylic acids is 1. The van der Waals surface area contributed by atoms with Crippen LogP contribution in [-0.2, 0) is 0 Å². The van der Waals surface area contributed by atoms with Crippen molar-refractivity contribution in [1.82, 2.24) is 14.8 Å². The zero-order valence-electron chi connectivity index (χ0n) is 16.4. The predicted molar refractivity (Wildman–Crippen MR) is 123 cm³/mol. The average Bonchev–Trinajstić information content (AvgIpc) is 3.16. The summed E-state index contributed by atoms with van der Waals surface area (Å²) >= 11 is 9.64. The lowest BCUT2D eigenvalue weighted by atomic mass is 10.1. The summed E-state index contributed by atoms with van der Waals surface area (Å²) in [5, 5.41) is 7.95. The highest BCUT2D eigenvalue weighted by Gasteiger charge is 2.20. The fourth-order valence-corrected chi connectivity index (χ4v) is 3.60. The van der Waals surface area contributed by atoms with Gasteiger partial charge in [0.25, 0.3) is 5.91 Å². The summed E-state index contributed by atoms with van der Waals surface area (Å²) in [7, 11) is 0. The van der Waals surface area contributed by atoms with Crippen molar-refractivity contribution in [2.24, 2.45) is 0 Å². The summed E-state index contributed by atoms with van der Waals surface area (Å²) in [5.74, 6) is 0.254. The third-order valence-electron chi connectivity index (χ3n) is 4.60. The van der Waals surface area contributed by atoms with Crippen LogP contribution in [0.5, 0.6) is 0 Å². The number of aryl methyl sites for hydroxylation is 2. The Balaban J connectivity index is 1.80. The van der Waals surface area contributed by atoms with E-state index < -0.39 is 0 Å². The second-order valence-corrected chi connectivity index (χ2v) is 8.28. The SMILES string of the molecule is Cc1ccc(-c2nc(C(=O)Nc3cccc(Br)c3)nn2-c2cc(Cl)ccc2C)cc1. The Kier molecular flexibility index (Phi) is 5.70. The van der Waals surface area contributed by atoms with Crippen LogP contribution >= 0.6 is 27.5 Å². The van der Waals surface area contributed by atoms with E-state index in [0.717, 1.165) is 26.9 Å². The van der Waals surface area contributed by atoms with Crippen molar-refractivity contribution in [2.45, 2.75) is 13.8 Å². The minimum absolute atomic E-state index is 0.0740. The van der Waals surface area contributed by atoms with Gasteiger partial charge in [-0.3, -0.25) is 4.79 Å². The third-order valence-corrected chi connectivity index (χ3v) is 5.33. The summed E-state index contributed by atoms with van der Waals surface area (Å²) < 4.78 is 2.54. The van der Waals surface area contributed by atoms with Gasteiger partial charge in [-0.25, -0.2) is 9.67 Å². The second kappa shape index (κ2) is 8.42. The van der Waals surface area contributed by atoms with Crippen LogP contribution in [0.2, 0.25) is 5.02 Å². The summed E-state index contributed by atoms with van der Waals surface area (Å²) in [6, 6.07) is 20.8. The van der Waals surface area contributed by atoms with Crippen LogP contribution in [0.4, 0.5) is 5.69 Å². The molecule has 0 unspecified atom stereocenters. The van der Waals surface area contributed by atoms with Gasteiger partial charge in [-0.05, 0) is 49.7 Å². The van der Waals surface area contributed by atoms with Crippen molar-refractivity contribution in [1.29, 1.82) is 0 Å². The monoisotopic (exact) mass is 480 g/mol. The van der Waals surface area contributed by atoms with E-state index >= 15 is 0 Å². The Bertz CT molecular complexity index is 1230. The fourth-order valence-electron chi connectivity index (χ4n) is 3.03. The molecule has 4 rings (SSSR count). The molecule has 1 heterocycles. The number of aromatic nitrogens is 3. The van der Waals surface area contributed by atoms with Gasteiger partial charge >= 0.3 is 0 Å². The van der Waals surface area contributed by atoms with Crippen LogP contribution in [0.25, 0.3) is 17.1 Å².